The monoisotopic (exact) mass is 204 g/mol. The Balaban J connectivity index is 2.65. The van der Waals surface area contributed by atoms with E-state index in [9.17, 15) is 9.59 Å². The second-order valence-electron chi connectivity index (χ2n) is 3.83. The van der Waals surface area contributed by atoms with E-state index >= 15 is 0 Å². The summed E-state index contributed by atoms with van der Waals surface area (Å²) in [6, 6.07) is 0. The average molecular weight is 205 g/mol. The first-order valence-corrected chi connectivity index (χ1v) is 4.66. The minimum Gasteiger partial charge on any atom is -0.466 e. The second-order valence-corrected chi connectivity index (χ2v) is 4.21. The molecule has 0 unspecified atom stereocenters. The standard InChI is InChI=1S/C9H13ClO3/c1-4-13-8(12)6-5(7(10)11)9(6,2)3/h5-6H,4H2,1-3H3/t5-,6+/m0/s1. The molecule has 0 saturated heterocycles. The molecule has 2 atom stereocenters. The van der Waals surface area contributed by atoms with Gasteiger partial charge in [0.15, 0.2) is 0 Å². The zero-order chi connectivity index (χ0) is 10.2. The van der Waals surface area contributed by atoms with Gasteiger partial charge in [-0.3, -0.25) is 9.59 Å². The molecule has 0 radical (unpaired) electrons. The quantitative estimate of drug-likeness (QED) is 0.518. The van der Waals surface area contributed by atoms with Crippen LogP contribution in [-0.2, 0) is 14.3 Å². The molecule has 0 N–H and O–H groups in total. The predicted molar refractivity (Wildman–Crippen MR) is 48.3 cm³/mol. The van der Waals surface area contributed by atoms with Gasteiger partial charge in [-0.2, -0.15) is 0 Å². The minimum atomic E-state index is -0.442. The number of hydrogen-bond donors (Lipinski definition) is 0. The van der Waals surface area contributed by atoms with E-state index in [0.717, 1.165) is 0 Å². The molecule has 0 aliphatic heterocycles. The first kappa shape index (κ1) is 10.5. The van der Waals surface area contributed by atoms with E-state index in [-0.39, 0.29) is 23.2 Å². The van der Waals surface area contributed by atoms with E-state index in [1.807, 2.05) is 13.8 Å². The summed E-state index contributed by atoms with van der Waals surface area (Å²) < 4.78 is 4.83. The Morgan fingerprint density at radius 2 is 1.92 bits per heavy atom. The molecule has 1 saturated carbocycles. The zero-order valence-electron chi connectivity index (χ0n) is 7.96. The summed E-state index contributed by atoms with van der Waals surface area (Å²) in [4.78, 5) is 22.2. The lowest BCUT2D eigenvalue weighted by Crippen LogP contribution is -2.10. The topological polar surface area (TPSA) is 43.4 Å². The van der Waals surface area contributed by atoms with Crippen LogP contribution in [0.5, 0.6) is 0 Å². The van der Waals surface area contributed by atoms with Crippen LogP contribution in [0.25, 0.3) is 0 Å². The molecular weight excluding hydrogens is 192 g/mol. The normalized spacial score (nSPS) is 29.5. The summed E-state index contributed by atoms with van der Waals surface area (Å²) in [6.07, 6.45) is 0. The lowest BCUT2D eigenvalue weighted by Gasteiger charge is -2.01. The van der Waals surface area contributed by atoms with Crippen LogP contribution in [0.3, 0.4) is 0 Å². The van der Waals surface area contributed by atoms with E-state index < -0.39 is 5.24 Å². The first-order valence-electron chi connectivity index (χ1n) is 4.29. The van der Waals surface area contributed by atoms with Gasteiger partial charge < -0.3 is 4.74 Å². The maximum Gasteiger partial charge on any atom is 0.310 e. The first-order chi connectivity index (χ1) is 5.92. The summed E-state index contributed by atoms with van der Waals surface area (Å²) in [5, 5.41) is -0.442. The van der Waals surface area contributed by atoms with E-state index in [4.69, 9.17) is 16.3 Å². The molecule has 0 spiro atoms. The molecule has 3 nitrogen and oxygen atoms in total. The molecule has 1 aliphatic rings. The number of carbonyl (C=O) groups is 2. The van der Waals surface area contributed by atoms with Crippen LogP contribution in [0.4, 0.5) is 0 Å². The molecule has 0 amide bonds. The molecule has 0 aromatic rings. The lowest BCUT2D eigenvalue weighted by atomic mass is 10.1. The molecule has 1 fully saturated rings. The third kappa shape index (κ3) is 1.70. The number of hydrogen-bond acceptors (Lipinski definition) is 3. The average Bonchev–Trinajstić information content (AvgIpc) is 2.54. The molecule has 1 aliphatic carbocycles. The van der Waals surface area contributed by atoms with E-state index in [2.05, 4.69) is 0 Å². The highest BCUT2D eigenvalue weighted by Gasteiger charge is 2.65. The van der Waals surface area contributed by atoms with E-state index in [1.165, 1.54) is 0 Å². The van der Waals surface area contributed by atoms with Gasteiger partial charge in [0.2, 0.25) is 5.24 Å². The highest BCUT2D eigenvalue weighted by atomic mass is 35.5. The van der Waals surface area contributed by atoms with Crippen molar-refractivity contribution < 1.29 is 14.3 Å². The van der Waals surface area contributed by atoms with Crippen molar-refractivity contribution in [2.45, 2.75) is 20.8 Å². The lowest BCUT2D eigenvalue weighted by molar-refractivity contribution is -0.146. The predicted octanol–water partition coefficient (Wildman–Crippen LogP) is 1.59. The van der Waals surface area contributed by atoms with Gasteiger partial charge >= 0.3 is 5.97 Å². The maximum atomic E-state index is 11.3. The largest absolute Gasteiger partial charge is 0.466 e. The van der Waals surface area contributed by atoms with Crippen LogP contribution in [0, 0.1) is 17.3 Å². The summed E-state index contributed by atoms with van der Waals surface area (Å²) in [7, 11) is 0. The van der Waals surface area contributed by atoms with Gasteiger partial charge in [-0.25, -0.2) is 0 Å². The number of halogens is 1. The zero-order valence-corrected chi connectivity index (χ0v) is 8.72. The fourth-order valence-corrected chi connectivity index (χ4v) is 2.14. The van der Waals surface area contributed by atoms with Crippen LogP contribution < -0.4 is 0 Å². The molecule has 0 aromatic carbocycles. The van der Waals surface area contributed by atoms with Gasteiger partial charge in [0, 0.05) is 0 Å². The number of rotatable bonds is 3. The van der Waals surface area contributed by atoms with E-state index in [1.54, 1.807) is 6.92 Å². The molecule has 0 aromatic heterocycles. The van der Waals surface area contributed by atoms with Crippen LogP contribution in [0.1, 0.15) is 20.8 Å². The van der Waals surface area contributed by atoms with Crippen LogP contribution in [0.2, 0.25) is 0 Å². The van der Waals surface area contributed by atoms with Crippen molar-refractivity contribution in [3.63, 3.8) is 0 Å². The van der Waals surface area contributed by atoms with Gasteiger partial charge in [-0.15, -0.1) is 0 Å². The second kappa shape index (κ2) is 3.29. The van der Waals surface area contributed by atoms with Gasteiger partial charge in [-0.05, 0) is 23.9 Å². The molecule has 0 heterocycles. The van der Waals surface area contributed by atoms with Crippen molar-refractivity contribution in [2.24, 2.45) is 17.3 Å². The Kier molecular flexibility index (Phi) is 2.66. The summed E-state index contributed by atoms with van der Waals surface area (Å²) in [5.41, 5.74) is -0.328. The van der Waals surface area contributed by atoms with Gasteiger partial charge in [-0.1, -0.05) is 13.8 Å². The van der Waals surface area contributed by atoms with Crippen LogP contribution in [-0.4, -0.2) is 17.8 Å². The molecule has 4 heteroatoms. The summed E-state index contributed by atoms with van der Waals surface area (Å²) in [5.74, 6) is -1.03. The Morgan fingerprint density at radius 1 is 1.38 bits per heavy atom. The Bertz CT molecular complexity index is 247. The molecule has 0 bridgehead atoms. The van der Waals surface area contributed by atoms with Crippen molar-refractivity contribution >= 4 is 22.8 Å². The van der Waals surface area contributed by atoms with Crippen molar-refractivity contribution in [1.29, 1.82) is 0 Å². The fraction of sp³-hybridized carbons (Fsp3) is 0.778. The van der Waals surface area contributed by atoms with Gasteiger partial charge in [0.25, 0.3) is 0 Å². The summed E-state index contributed by atoms with van der Waals surface area (Å²) >= 11 is 5.35. The number of carbonyl (C=O) groups excluding carboxylic acids is 2. The highest BCUT2D eigenvalue weighted by Crippen LogP contribution is 2.59. The third-order valence-corrected chi connectivity index (χ3v) is 2.85. The minimum absolute atomic E-state index is 0.313. The maximum absolute atomic E-state index is 11.3. The third-order valence-electron chi connectivity index (χ3n) is 2.61. The smallest absolute Gasteiger partial charge is 0.310 e. The number of esters is 1. The number of ether oxygens (including phenoxy) is 1. The molecule has 74 valence electrons. The van der Waals surface area contributed by atoms with Crippen molar-refractivity contribution in [3.05, 3.63) is 0 Å². The van der Waals surface area contributed by atoms with Gasteiger partial charge in [0.1, 0.15) is 0 Å². The van der Waals surface area contributed by atoms with E-state index in [0.29, 0.717) is 6.61 Å². The van der Waals surface area contributed by atoms with Gasteiger partial charge in [0.05, 0.1) is 18.4 Å². The SMILES string of the molecule is CCOC(=O)[C@H]1[C@@H](C(=O)Cl)C1(C)C. The fourth-order valence-electron chi connectivity index (χ4n) is 1.73. The van der Waals surface area contributed by atoms with Crippen LogP contribution in [0.15, 0.2) is 0 Å². The molecular formula is C9H13ClO3. The Hall–Kier alpha value is -0.570. The van der Waals surface area contributed by atoms with Crippen molar-refractivity contribution in [3.8, 4) is 0 Å². The highest BCUT2D eigenvalue weighted by molar-refractivity contribution is 6.64. The Morgan fingerprint density at radius 3 is 2.23 bits per heavy atom. The molecule has 13 heavy (non-hydrogen) atoms. The van der Waals surface area contributed by atoms with Crippen LogP contribution >= 0.6 is 11.6 Å². The van der Waals surface area contributed by atoms with Crippen molar-refractivity contribution in [2.75, 3.05) is 6.61 Å². The Labute approximate surface area is 82.4 Å². The summed E-state index contributed by atoms with van der Waals surface area (Å²) in [6.45, 7) is 5.78. The van der Waals surface area contributed by atoms with Crippen molar-refractivity contribution in [1.82, 2.24) is 0 Å². The molecule has 1 rings (SSSR count).